The van der Waals surface area contributed by atoms with Gasteiger partial charge in [-0.1, -0.05) is 13.8 Å². The van der Waals surface area contributed by atoms with Gasteiger partial charge in [-0.25, -0.2) is 13.2 Å². The van der Waals surface area contributed by atoms with Crippen LogP contribution in [0.25, 0.3) is 0 Å². The Morgan fingerprint density at radius 1 is 1.43 bits per heavy atom. The Hall–Kier alpha value is -0.250. The fourth-order valence-corrected chi connectivity index (χ4v) is 2.00. The smallest absolute Gasteiger partial charge is 0.254 e. The van der Waals surface area contributed by atoms with Crippen molar-refractivity contribution in [3.63, 3.8) is 0 Å². The van der Waals surface area contributed by atoms with Crippen LogP contribution >= 0.6 is 0 Å². The van der Waals surface area contributed by atoms with Crippen molar-refractivity contribution in [2.24, 2.45) is 10.8 Å². The molecule has 2 saturated carbocycles. The van der Waals surface area contributed by atoms with E-state index in [4.69, 9.17) is 0 Å². The molecule has 0 aromatic rings. The molecular formula is C10H15F3O. The Morgan fingerprint density at radius 2 is 1.86 bits per heavy atom. The molecule has 0 bridgehead atoms. The number of hydrogen-bond donors (Lipinski definition) is 1. The van der Waals surface area contributed by atoms with Gasteiger partial charge in [0.1, 0.15) is 6.17 Å². The lowest BCUT2D eigenvalue weighted by molar-refractivity contribution is 0.0159. The second-order valence-corrected chi connectivity index (χ2v) is 5.34. The summed E-state index contributed by atoms with van der Waals surface area (Å²) >= 11 is 0. The van der Waals surface area contributed by atoms with Gasteiger partial charge in [0.05, 0.1) is 6.10 Å². The van der Waals surface area contributed by atoms with Crippen molar-refractivity contribution in [2.45, 2.75) is 51.3 Å². The number of halogens is 3. The molecule has 0 aromatic heterocycles. The molecule has 0 aliphatic heterocycles. The van der Waals surface area contributed by atoms with Crippen LogP contribution in [-0.2, 0) is 0 Å². The van der Waals surface area contributed by atoms with Crippen molar-refractivity contribution in [3.05, 3.63) is 0 Å². The summed E-state index contributed by atoms with van der Waals surface area (Å²) in [7, 11) is 0. The summed E-state index contributed by atoms with van der Waals surface area (Å²) in [5.74, 6) is -2.66. The van der Waals surface area contributed by atoms with Crippen LogP contribution in [0.5, 0.6) is 0 Å². The molecule has 4 unspecified atom stereocenters. The lowest BCUT2D eigenvalue weighted by atomic mass is 9.90. The van der Waals surface area contributed by atoms with Gasteiger partial charge in [-0.2, -0.15) is 0 Å². The highest BCUT2D eigenvalue weighted by atomic mass is 19.3. The fraction of sp³-hybridized carbons (Fsp3) is 1.00. The molecule has 0 heterocycles. The Labute approximate surface area is 81.3 Å². The summed E-state index contributed by atoms with van der Waals surface area (Å²) in [6, 6.07) is 0. The van der Waals surface area contributed by atoms with E-state index < -0.39 is 29.0 Å². The second-order valence-electron chi connectivity index (χ2n) is 5.34. The van der Waals surface area contributed by atoms with E-state index in [0.29, 0.717) is 6.42 Å². The van der Waals surface area contributed by atoms with E-state index in [-0.39, 0.29) is 12.8 Å². The molecule has 0 aromatic carbocycles. The SMILES string of the molecule is CC1(C(O)CC2(C)CC2(F)F)CC1F. The molecule has 2 fully saturated rings. The van der Waals surface area contributed by atoms with E-state index in [0.717, 1.165) is 0 Å². The highest BCUT2D eigenvalue weighted by Crippen LogP contribution is 2.65. The number of aliphatic hydroxyl groups is 1. The minimum atomic E-state index is -2.66. The summed E-state index contributed by atoms with van der Waals surface area (Å²) in [6.07, 6.45) is -1.82. The molecule has 2 rings (SSSR count). The minimum absolute atomic E-state index is 0.0108. The molecular weight excluding hydrogens is 193 g/mol. The Morgan fingerprint density at radius 3 is 2.14 bits per heavy atom. The third-order valence-electron chi connectivity index (χ3n) is 3.95. The summed E-state index contributed by atoms with van der Waals surface area (Å²) in [6.45, 7) is 3.07. The lowest BCUT2D eigenvalue weighted by Gasteiger charge is -2.21. The van der Waals surface area contributed by atoms with Crippen molar-refractivity contribution in [2.75, 3.05) is 0 Å². The zero-order chi connectivity index (χ0) is 10.8. The quantitative estimate of drug-likeness (QED) is 0.755. The molecule has 0 spiro atoms. The molecule has 1 N–H and O–H groups in total. The topological polar surface area (TPSA) is 20.2 Å². The fourth-order valence-electron chi connectivity index (χ4n) is 2.00. The van der Waals surface area contributed by atoms with E-state index in [1.807, 2.05) is 0 Å². The first-order valence-electron chi connectivity index (χ1n) is 4.91. The van der Waals surface area contributed by atoms with Crippen LogP contribution in [0.3, 0.4) is 0 Å². The first-order chi connectivity index (χ1) is 6.21. The number of aliphatic hydroxyl groups excluding tert-OH is 1. The summed E-state index contributed by atoms with van der Waals surface area (Å²) in [5, 5.41) is 9.65. The molecule has 0 saturated heterocycles. The third-order valence-corrected chi connectivity index (χ3v) is 3.95. The lowest BCUT2D eigenvalue weighted by Crippen LogP contribution is -2.26. The van der Waals surface area contributed by atoms with E-state index >= 15 is 0 Å². The van der Waals surface area contributed by atoms with Gasteiger partial charge in [0, 0.05) is 17.3 Å². The molecule has 4 atom stereocenters. The number of rotatable bonds is 3. The third kappa shape index (κ3) is 1.27. The Kier molecular flexibility index (Phi) is 1.81. The molecule has 0 radical (unpaired) electrons. The van der Waals surface area contributed by atoms with Gasteiger partial charge in [0.25, 0.3) is 5.92 Å². The first-order valence-corrected chi connectivity index (χ1v) is 4.91. The standard InChI is InChI=1S/C10H15F3O/c1-8(5-10(8,12)13)4-7(14)9(2)3-6(9)11/h6-7,14H,3-5H2,1-2H3. The van der Waals surface area contributed by atoms with Crippen LogP contribution in [0.1, 0.15) is 33.1 Å². The van der Waals surface area contributed by atoms with Gasteiger partial charge in [-0.3, -0.25) is 0 Å². The number of alkyl halides is 3. The van der Waals surface area contributed by atoms with E-state index in [1.54, 1.807) is 6.92 Å². The van der Waals surface area contributed by atoms with Crippen LogP contribution in [0.2, 0.25) is 0 Å². The minimum Gasteiger partial charge on any atom is -0.392 e. The zero-order valence-corrected chi connectivity index (χ0v) is 8.36. The van der Waals surface area contributed by atoms with Gasteiger partial charge >= 0.3 is 0 Å². The first kappa shape index (κ1) is 10.3. The van der Waals surface area contributed by atoms with Crippen molar-refractivity contribution in [1.29, 1.82) is 0 Å². The maximum absolute atomic E-state index is 12.9. The summed E-state index contributed by atoms with van der Waals surface area (Å²) in [4.78, 5) is 0. The molecule has 0 amide bonds. The van der Waals surface area contributed by atoms with E-state index in [2.05, 4.69) is 0 Å². The molecule has 2 aliphatic carbocycles. The van der Waals surface area contributed by atoms with Crippen molar-refractivity contribution < 1.29 is 18.3 Å². The summed E-state index contributed by atoms with van der Waals surface area (Å²) in [5.41, 5.74) is -1.86. The van der Waals surface area contributed by atoms with E-state index in [9.17, 15) is 18.3 Å². The van der Waals surface area contributed by atoms with Gasteiger partial charge < -0.3 is 5.11 Å². The van der Waals surface area contributed by atoms with Gasteiger partial charge in [-0.15, -0.1) is 0 Å². The Balaban J connectivity index is 1.94. The van der Waals surface area contributed by atoms with Gasteiger partial charge in [0.15, 0.2) is 0 Å². The number of hydrogen-bond acceptors (Lipinski definition) is 1. The Bertz CT molecular complexity index is 268. The van der Waals surface area contributed by atoms with Crippen molar-refractivity contribution >= 4 is 0 Å². The highest BCUT2D eigenvalue weighted by Gasteiger charge is 2.70. The second kappa shape index (κ2) is 2.46. The maximum atomic E-state index is 12.9. The van der Waals surface area contributed by atoms with Crippen LogP contribution in [0.4, 0.5) is 13.2 Å². The molecule has 2 aliphatic rings. The predicted molar refractivity (Wildman–Crippen MR) is 45.9 cm³/mol. The molecule has 1 nitrogen and oxygen atoms in total. The molecule has 4 heteroatoms. The monoisotopic (exact) mass is 208 g/mol. The molecule has 82 valence electrons. The average molecular weight is 208 g/mol. The summed E-state index contributed by atoms with van der Waals surface area (Å²) < 4.78 is 38.5. The zero-order valence-electron chi connectivity index (χ0n) is 8.36. The van der Waals surface area contributed by atoms with Crippen LogP contribution in [0, 0.1) is 10.8 Å². The largest absolute Gasteiger partial charge is 0.392 e. The van der Waals surface area contributed by atoms with Crippen LogP contribution < -0.4 is 0 Å². The highest BCUT2D eigenvalue weighted by molar-refractivity contribution is 5.12. The average Bonchev–Trinajstić information content (AvgIpc) is 2.73. The van der Waals surface area contributed by atoms with Gasteiger partial charge in [-0.05, 0) is 12.8 Å². The van der Waals surface area contributed by atoms with Crippen molar-refractivity contribution in [3.8, 4) is 0 Å². The normalized spacial score (nSPS) is 51.4. The van der Waals surface area contributed by atoms with Gasteiger partial charge in [0.2, 0.25) is 0 Å². The molecule has 14 heavy (non-hydrogen) atoms. The van der Waals surface area contributed by atoms with Crippen LogP contribution in [0.15, 0.2) is 0 Å². The maximum Gasteiger partial charge on any atom is 0.254 e. The predicted octanol–water partition coefficient (Wildman–Crippen LogP) is 2.53. The van der Waals surface area contributed by atoms with Crippen molar-refractivity contribution in [1.82, 2.24) is 0 Å². The van der Waals surface area contributed by atoms with Crippen LogP contribution in [-0.4, -0.2) is 23.3 Å². The van der Waals surface area contributed by atoms with E-state index in [1.165, 1.54) is 6.92 Å².